The van der Waals surface area contributed by atoms with Gasteiger partial charge in [0.25, 0.3) is 0 Å². The minimum absolute atomic E-state index is 0.0698. The van der Waals surface area contributed by atoms with Crippen molar-refractivity contribution in [3.8, 4) is 10.7 Å². The molecule has 170 valence electrons. The van der Waals surface area contributed by atoms with E-state index in [1.54, 1.807) is 18.3 Å². The fourth-order valence-electron chi connectivity index (χ4n) is 3.32. The number of hydrogen-bond donors (Lipinski definition) is 1. The summed E-state index contributed by atoms with van der Waals surface area (Å²) < 4.78 is 45.9. The van der Waals surface area contributed by atoms with Gasteiger partial charge < -0.3 is 10.1 Å². The molecule has 1 aliphatic rings. The number of benzene rings is 1. The third-order valence-electron chi connectivity index (χ3n) is 5.00. The highest BCUT2D eigenvalue weighted by atomic mass is 32.2. The second-order valence-corrected chi connectivity index (χ2v) is 9.61. The van der Waals surface area contributed by atoms with Crippen molar-refractivity contribution in [3.63, 3.8) is 0 Å². The molecule has 11 heteroatoms. The molecule has 4 rings (SSSR count). The number of carbonyl (C=O) groups excluding carboxylic acids is 1. The Kier molecular flexibility index (Phi) is 6.87. The number of nitrogens with zero attached hydrogens (tertiary/aromatic N) is 3. The first-order chi connectivity index (χ1) is 15.3. The van der Waals surface area contributed by atoms with E-state index in [1.165, 1.54) is 23.9 Å². The Labute approximate surface area is 191 Å². The normalized spacial score (nSPS) is 17.4. The van der Waals surface area contributed by atoms with Crippen LogP contribution in [0.1, 0.15) is 25.3 Å². The largest absolute Gasteiger partial charge is 0.416 e. The minimum Gasteiger partial charge on any atom is -0.376 e. The molecule has 1 N–H and O–H groups in total. The first-order valence-electron chi connectivity index (χ1n) is 10.0. The van der Waals surface area contributed by atoms with Crippen molar-refractivity contribution in [1.82, 2.24) is 14.8 Å². The van der Waals surface area contributed by atoms with Crippen LogP contribution in [0.5, 0.6) is 0 Å². The van der Waals surface area contributed by atoms with Gasteiger partial charge in [0.1, 0.15) is 0 Å². The van der Waals surface area contributed by atoms with Gasteiger partial charge in [-0.3, -0.25) is 9.36 Å². The molecule has 0 radical (unpaired) electrons. The summed E-state index contributed by atoms with van der Waals surface area (Å²) in [6.45, 7) is 3.05. The van der Waals surface area contributed by atoms with E-state index in [4.69, 9.17) is 4.74 Å². The van der Waals surface area contributed by atoms with Gasteiger partial charge in [-0.05, 0) is 55.5 Å². The Morgan fingerprint density at radius 3 is 2.72 bits per heavy atom. The quantitative estimate of drug-likeness (QED) is 0.462. The SMILES string of the molecule is CC(Sc1nnc(-c2cccs2)n1CC1CCCO1)C(=O)Nc1ccc(C(F)(F)F)cc1. The van der Waals surface area contributed by atoms with Gasteiger partial charge >= 0.3 is 6.18 Å². The molecule has 2 aromatic heterocycles. The van der Waals surface area contributed by atoms with Crippen LogP contribution >= 0.6 is 23.1 Å². The topological polar surface area (TPSA) is 69.0 Å². The molecule has 2 unspecified atom stereocenters. The lowest BCUT2D eigenvalue weighted by molar-refractivity contribution is -0.137. The van der Waals surface area contributed by atoms with Crippen LogP contribution in [0.2, 0.25) is 0 Å². The van der Waals surface area contributed by atoms with Gasteiger partial charge in [-0.25, -0.2) is 0 Å². The van der Waals surface area contributed by atoms with Crippen LogP contribution in [0.4, 0.5) is 18.9 Å². The number of carbonyl (C=O) groups is 1. The second kappa shape index (κ2) is 9.63. The third-order valence-corrected chi connectivity index (χ3v) is 6.95. The molecule has 3 heterocycles. The van der Waals surface area contributed by atoms with Gasteiger partial charge in [-0.1, -0.05) is 17.8 Å². The van der Waals surface area contributed by atoms with Crippen molar-refractivity contribution >= 4 is 34.7 Å². The Bertz CT molecular complexity index is 1050. The summed E-state index contributed by atoms with van der Waals surface area (Å²) in [6, 6.07) is 8.28. The predicted molar refractivity (Wildman–Crippen MR) is 118 cm³/mol. The first-order valence-corrected chi connectivity index (χ1v) is 11.8. The number of ether oxygens (including phenoxy) is 1. The molecule has 3 aromatic rings. The van der Waals surface area contributed by atoms with Crippen LogP contribution in [-0.4, -0.2) is 38.6 Å². The highest BCUT2D eigenvalue weighted by Gasteiger charge is 2.30. The van der Waals surface area contributed by atoms with E-state index in [-0.39, 0.29) is 12.0 Å². The zero-order valence-corrected chi connectivity index (χ0v) is 18.8. The Hall–Kier alpha value is -2.37. The summed E-state index contributed by atoms with van der Waals surface area (Å²) >= 11 is 2.81. The van der Waals surface area contributed by atoms with Gasteiger partial charge in [-0.15, -0.1) is 21.5 Å². The van der Waals surface area contributed by atoms with Crippen LogP contribution in [0.25, 0.3) is 10.7 Å². The van der Waals surface area contributed by atoms with Crippen molar-refractivity contribution in [1.29, 1.82) is 0 Å². The molecule has 1 fully saturated rings. The summed E-state index contributed by atoms with van der Waals surface area (Å²) in [5.41, 5.74) is -0.461. The van der Waals surface area contributed by atoms with Crippen molar-refractivity contribution < 1.29 is 22.7 Å². The maximum atomic E-state index is 12.7. The van der Waals surface area contributed by atoms with Gasteiger partial charge in [-0.2, -0.15) is 13.2 Å². The van der Waals surface area contributed by atoms with E-state index in [0.29, 0.717) is 17.4 Å². The molecular formula is C21H21F3N4O2S2. The number of halogens is 3. The number of aromatic nitrogens is 3. The highest BCUT2D eigenvalue weighted by molar-refractivity contribution is 8.00. The van der Waals surface area contributed by atoms with Gasteiger partial charge in [0.2, 0.25) is 5.91 Å². The van der Waals surface area contributed by atoms with Crippen molar-refractivity contribution in [2.45, 2.75) is 49.0 Å². The minimum atomic E-state index is -4.42. The Balaban J connectivity index is 1.47. The number of thiophene rings is 1. The van der Waals surface area contributed by atoms with E-state index in [9.17, 15) is 18.0 Å². The number of hydrogen-bond acceptors (Lipinski definition) is 6. The maximum absolute atomic E-state index is 12.7. The summed E-state index contributed by atoms with van der Waals surface area (Å²) in [5, 5.41) is 13.3. The zero-order valence-electron chi connectivity index (χ0n) is 17.1. The van der Waals surface area contributed by atoms with Gasteiger partial charge in [0, 0.05) is 12.3 Å². The van der Waals surface area contributed by atoms with E-state index < -0.39 is 17.0 Å². The number of anilines is 1. The van der Waals surface area contributed by atoms with Crippen LogP contribution in [0.15, 0.2) is 46.9 Å². The average Bonchev–Trinajstić information content (AvgIpc) is 3.51. The molecule has 2 atom stereocenters. The lowest BCUT2D eigenvalue weighted by Gasteiger charge is -2.16. The van der Waals surface area contributed by atoms with Crippen LogP contribution in [0.3, 0.4) is 0 Å². The predicted octanol–water partition coefficient (Wildman–Crippen LogP) is 5.32. The number of amides is 1. The molecule has 1 aliphatic heterocycles. The first kappa shape index (κ1) is 22.8. The van der Waals surface area contributed by atoms with E-state index in [0.717, 1.165) is 42.3 Å². The molecule has 6 nitrogen and oxygen atoms in total. The smallest absolute Gasteiger partial charge is 0.376 e. The van der Waals surface area contributed by atoms with Gasteiger partial charge in [0.15, 0.2) is 11.0 Å². The molecule has 0 saturated carbocycles. The zero-order chi connectivity index (χ0) is 22.7. The highest BCUT2D eigenvalue weighted by Crippen LogP contribution is 2.32. The molecule has 0 aliphatic carbocycles. The Morgan fingerprint density at radius 1 is 1.31 bits per heavy atom. The number of rotatable bonds is 7. The maximum Gasteiger partial charge on any atom is 0.416 e. The van der Waals surface area contributed by atoms with Crippen molar-refractivity contribution in [2.75, 3.05) is 11.9 Å². The summed E-state index contributed by atoms with van der Waals surface area (Å²) in [7, 11) is 0. The number of alkyl halides is 3. The molecule has 1 amide bonds. The molecular weight excluding hydrogens is 461 g/mol. The van der Waals surface area contributed by atoms with Crippen LogP contribution in [-0.2, 0) is 22.3 Å². The monoisotopic (exact) mass is 482 g/mol. The number of nitrogens with one attached hydrogen (secondary N) is 1. The molecule has 0 spiro atoms. The van der Waals surface area contributed by atoms with E-state index in [1.807, 2.05) is 22.1 Å². The summed E-state index contributed by atoms with van der Waals surface area (Å²) in [4.78, 5) is 13.6. The Morgan fingerprint density at radius 2 is 2.09 bits per heavy atom. The average molecular weight is 483 g/mol. The lowest BCUT2D eigenvalue weighted by Crippen LogP contribution is -2.23. The third kappa shape index (κ3) is 5.33. The molecule has 32 heavy (non-hydrogen) atoms. The van der Waals surface area contributed by atoms with Crippen LogP contribution in [0, 0.1) is 0 Å². The fourth-order valence-corrected chi connectivity index (χ4v) is 4.89. The molecule has 0 bridgehead atoms. The van der Waals surface area contributed by atoms with Crippen molar-refractivity contribution in [2.24, 2.45) is 0 Å². The van der Waals surface area contributed by atoms with Crippen LogP contribution < -0.4 is 5.32 Å². The number of thioether (sulfide) groups is 1. The van der Waals surface area contributed by atoms with Gasteiger partial charge in [0.05, 0.1) is 28.3 Å². The fraction of sp³-hybridized carbons (Fsp3) is 0.381. The molecule has 1 saturated heterocycles. The standard InChI is InChI=1S/C21H21F3N4O2S2/c1-13(19(29)25-15-8-6-14(7-9-15)21(22,23)24)32-20-27-26-18(17-5-3-11-31-17)28(20)12-16-4-2-10-30-16/h3,5-9,11,13,16H,2,4,10,12H2,1H3,(H,25,29). The second-order valence-electron chi connectivity index (χ2n) is 7.35. The summed E-state index contributed by atoms with van der Waals surface area (Å²) in [6.07, 6.45) is -2.38. The van der Waals surface area contributed by atoms with E-state index >= 15 is 0 Å². The molecule has 1 aromatic carbocycles. The van der Waals surface area contributed by atoms with Crippen molar-refractivity contribution in [3.05, 3.63) is 47.3 Å². The lowest BCUT2D eigenvalue weighted by atomic mass is 10.2. The summed E-state index contributed by atoms with van der Waals surface area (Å²) in [5.74, 6) is 0.396. The van der Waals surface area contributed by atoms with E-state index in [2.05, 4.69) is 15.5 Å².